The molecule has 2 heterocycles. The lowest BCUT2D eigenvalue weighted by molar-refractivity contribution is 0.355. The first-order valence-corrected chi connectivity index (χ1v) is 12.3. The number of nitrogens with zero attached hydrogens (tertiary/aromatic N) is 1. The van der Waals surface area contributed by atoms with Crippen molar-refractivity contribution in [3.05, 3.63) is 62.3 Å². The van der Waals surface area contributed by atoms with Gasteiger partial charge >= 0.3 is 5.69 Å². The lowest BCUT2D eigenvalue weighted by atomic mass is 9.73. The number of aryl methyl sites for hydroxylation is 1. The van der Waals surface area contributed by atoms with Gasteiger partial charge in [0.05, 0.1) is 32.2 Å². The number of aromatic amines is 1. The highest BCUT2D eigenvalue weighted by molar-refractivity contribution is 5.81. The molecule has 0 saturated carbocycles. The molecule has 35 heavy (non-hydrogen) atoms. The predicted octanol–water partition coefficient (Wildman–Crippen LogP) is 3.20. The van der Waals surface area contributed by atoms with Gasteiger partial charge in [0.2, 0.25) is 0 Å². The maximum Gasteiger partial charge on any atom is 0.328 e. The summed E-state index contributed by atoms with van der Waals surface area (Å²) in [5.74, 6) is 3.00. The number of nitrogens with one attached hydrogen (secondary N) is 2. The zero-order chi connectivity index (χ0) is 24.5. The molecule has 1 aromatic heterocycles. The Hall–Kier alpha value is -3.26. The van der Waals surface area contributed by atoms with Gasteiger partial charge in [-0.25, -0.2) is 4.79 Å². The third-order valence-electron chi connectivity index (χ3n) is 7.71. The molecule has 2 N–H and O–H groups in total. The fraction of sp³-hybridized carbons (Fsp3) is 0.481. The molecular formula is C27H33N3O5. The van der Waals surface area contributed by atoms with E-state index in [1.165, 1.54) is 36.3 Å². The van der Waals surface area contributed by atoms with Crippen molar-refractivity contribution in [3.63, 3.8) is 0 Å². The van der Waals surface area contributed by atoms with Crippen molar-refractivity contribution in [2.24, 2.45) is 5.92 Å². The molecule has 0 radical (unpaired) electrons. The average Bonchev–Trinajstić information content (AvgIpc) is 3.30. The van der Waals surface area contributed by atoms with Crippen LogP contribution in [0.4, 0.5) is 0 Å². The van der Waals surface area contributed by atoms with E-state index in [-0.39, 0.29) is 5.56 Å². The quantitative estimate of drug-likeness (QED) is 0.482. The van der Waals surface area contributed by atoms with Crippen LogP contribution in [0.2, 0.25) is 0 Å². The van der Waals surface area contributed by atoms with Crippen LogP contribution in [0.15, 0.2) is 39.9 Å². The van der Waals surface area contributed by atoms with E-state index >= 15 is 0 Å². The number of rotatable bonds is 8. The van der Waals surface area contributed by atoms with E-state index in [4.69, 9.17) is 14.2 Å². The third kappa shape index (κ3) is 4.20. The van der Waals surface area contributed by atoms with Gasteiger partial charge in [0, 0.05) is 30.1 Å². The van der Waals surface area contributed by atoms with Crippen molar-refractivity contribution in [2.75, 3.05) is 27.9 Å². The van der Waals surface area contributed by atoms with Gasteiger partial charge in [-0.15, -0.1) is 0 Å². The van der Waals surface area contributed by atoms with Crippen LogP contribution in [0, 0.1) is 5.92 Å². The Balaban J connectivity index is 1.30. The number of ether oxygens (including phenoxy) is 3. The summed E-state index contributed by atoms with van der Waals surface area (Å²) in [6.07, 6.45) is 4.96. The average molecular weight is 480 g/mol. The van der Waals surface area contributed by atoms with Gasteiger partial charge in [0.15, 0.2) is 11.5 Å². The minimum absolute atomic E-state index is 0.310. The number of aromatic nitrogens is 2. The van der Waals surface area contributed by atoms with Gasteiger partial charge < -0.3 is 24.5 Å². The van der Waals surface area contributed by atoms with Crippen molar-refractivity contribution in [2.45, 2.75) is 50.6 Å². The molecule has 0 amide bonds. The molecule has 8 heteroatoms. The number of unbranched alkanes of at least 4 members (excludes halogenated alkanes) is 1. The lowest BCUT2D eigenvalue weighted by Gasteiger charge is -2.32. The first kappa shape index (κ1) is 23.5. The highest BCUT2D eigenvalue weighted by Gasteiger charge is 2.41. The number of H-pyrrole nitrogens is 1. The third-order valence-corrected chi connectivity index (χ3v) is 7.71. The number of hydrogen-bond acceptors (Lipinski definition) is 6. The van der Waals surface area contributed by atoms with Crippen LogP contribution in [0.3, 0.4) is 0 Å². The predicted molar refractivity (Wildman–Crippen MR) is 135 cm³/mol. The van der Waals surface area contributed by atoms with Crippen LogP contribution in [0.1, 0.15) is 42.7 Å². The van der Waals surface area contributed by atoms with E-state index < -0.39 is 5.69 Å². The number of hydrogen-bond donors (Lipinski definition) is 2. The first-order valence-electron chi connectivity index (χ1n) is 12.3. The zero-order valence-electron chi connectivity index (χ0n) is 20.6. The van der Waals surface area contributed by atoms with E-state index in [1.54, 1.807) is 19.2 Å². The van der Waals surface area contributed by atoms with Crippen LogP contribution < -0.4 is 30.8 Å². The SMILES string of the molecule is COc1cc2[nH]c(=O)n(CCCCC3NCC4CCc5cccc(OC)c5C43)c(=O)c2cc1OC. The summed E-state index contributed by atoms with van der Waals surface area (Å²) in [5, 5.41) is 4.15. The van der Waals surface area contributed by atoms with E-state index in [1.807, 2.05) is 0 Å². The lowest BCUT2D eigenvalue weighted by Crippen LogP contribution is -2.35. The summed E-state index contributed by atoms with van der Waals surface area (Å²) >= 11 is 0. The monoisotopic (exact) mass is 479 g/mol. The molecule has 2 aromatic carbocycles. The van der Waals surface area contributed by atoms with Gasteiger partial charge in [-0.05, 0) is 55.8 Å². The normalized spacial score (nSPS) is 20.9. The molecule has 186 valence electrons. The number of fused-ring (bicyclic) bond motifs is 4. The minimum atomic E-state index is -0.403. The van der Waals surface area contributed by atoms with Crippen molar-refractivity contribution in [1.29, 1.82) is 0 Å². The highest BCUT2D eigenvalue weighted by Crippen LogP contribution is 2.46. The van der Waals surface area contributed by atoms with E-state index in [9.17, 15) is 9.59 Å². The Morgan fingerprint density at radius 1 is 1.00 bits per heavy atom. The Labute approximate surface area is 204 Å². The van der Waals surface area contributed by atoms with Crippen molar-refractivity contribution >= 4 is 10.9 Å². The van der Waals surface area contributed by atoms with Crippen molar-refractivity contribution in [1.82, 2.24) is 14.9 Å². The molecule has 0 bridgehead atoms. The van der Waals surface area contributed by atoms with Gasteiger partial charge in [-0.1, -0.05) is 18.6 Å². The summed E-state index contributed by atoms with van der Waals surface area (Å²) in [7, 11) is 4.79. The molecule has 2 aliphatic rings. The summed E-state index contributed by atoms with van der Waals surface area (Å²) in [6, 6.07) is 10.0. The van der Waals surface area contributed by atoms with Gasteiger partial charge in [0.1, 0.15) is 5.75 Å². The van der Waals surface area contributed by atoms with E-state index in [0.29, 0.717) is 46.8 Å². The van der Waals surface area contributed by atoms with Gasteiger partial charge in [-0.2, -0.15) is 0 Å². The fourth-order valence-corrected chi connectivity index (χ4v) is 6.01. The largest absolute Gasteiger partial charge is 0.496 e. The molecule has 8 nitrogen and oxygen atoms in total. The molecule has 5 rings (SSSR count). The number of benzene rings is 2. The molecule has 1 aliphatic carbocycles. The van der Waals surface area contributed by atoms with E-state index in [0.717, 1.165) is 38.0 Å². The van der Waals surface area contributed by atoms with Crippen LogP contribution in [0.5, 0.6) is 17.2 Å². The van der Waals surface area contributed by atoms with Gasteiger partial charge in [-0.3, -0.25) is 9.36 Å². The second-order valence-electron chi connectivity index (χ2n) is 9.51. The summed E-state index contributed by atoms with van der Waals surface area (Å²) in [4.78, 5) is 28.6. The van der Waals surface area contributed by atoms with Crippen LogP contribution in [0.25, 0.3) is 10.9 Å². The zero-order valence-corrected chi connectivity index (χ0v) is 20.6. The second-order valence-corrected chi connectivity index (χ2v) is 9.51. The Bertz CT molecular complexity index is 1330. The number of methoxy groups -OCH3 is 3. The van der Waals surface area contributed by atoms with Gasteiger partial charge in [0.25, 0.3) is 5.56 Å². The Morgan fingerprint density at radius 2 is 1.77 bits per heavy atom. The summed E-state index contributed by atoms with van der Waals surface area (Å²) in [6.45, 7) is 1.40. The smallest absolute Gasteiger partial charge is 0.328 e. The highest BCUT2D eigenvalue weighted by atomic mass is 16.5. The standard InChI is InChI=1S/C27H33N3O5/c1-33-21-9-6-7-16-10-11-17-15-28-19(24(17)25(16)21)8-4-5-12-30-26(31)18-13-22(34-2)23(35-3)14-20(18)29-27(30)32/h6-7,9,13-14,17,19,24,28H,4-5,8,10-12,15H2,1-3H3,(H,29,32). The van der Waals surface area contributed by atoms with Crippen LogP contribution >= 0.6 is 0 Å². The maximum atomic E-state index is 13.1. The molecule has 3 atom stereocenters. The fourth-order valence-electron chi connectivity index (χ4n) is 6.01. The molecule has 1 aliphatic heterocycles. The molecule has 1 saturated heterocycles. The Morgan fingerprint density at radius 3 is 2.54 bits per heavy atom. The molecule has 1 fully saturated rings. The van der Waals surface area contributed by atoms with E-state index in [2.05, 4.69) is 28.5 Å². The summed E-state index contributed by atoms with van der Waals surface area (Å²) in [5.41, 5.74) is 2.50. The molecular weight excluding hydrogens is 446 g/mol. The van der Waals surface area contributed by atoms with Crippen LogP contribution in [-0.4, -0.2) is 43.5 Å². The topological polar surface area (TPSA) is 94.6 Å². The molecule has 0 spiro atoms. The maximum absolute atomic E-state index is 13.1. The molecule has 3 unspecified atom stereocenters. The molecule has 3 aromatic rings. The van der Waals surface area contributed by atoms with Crippen molar-refractivity contribution in [3.8, 4) is 17.2 Å². The first-order chi connectivity index (χ1) is 17.0. The second kappa shape index (κ2) is 9.77. The Kier molecular flexibility index (Phi) is 6.56. The minimum Gasteiger partial charge on any atom is -0.496 e. The summed E-state index contributed by atoms with van der Waals surface area (Å²) < 4.78 is 17.6. The van der Waals surface area contributed by atoms with Crippen LogP contribution in [-0.2, 0) is 13.0 Å². The van der Waals surface area contributed by atoms with Crippen molar-refractivity contribution < 1.29 is 14.2 Å².